The van der Waals surface area contributed by atoms with E-state index in [1.807, 2.05) is 12.1 Å². The zero-order chi connectivity index (χ0) is 14.1. The van der Waals surface area contributed by atoms with Gasteiger partial charge in [-0.2, -0.15) is 5.10 Å². The second kappa shape index (κ2) is 4.69. The van der Waals surface area contributed by atoms with Crippen LogP contribution >= 0.6 is 0 Å². The van der Waals surface area contributed by atoms with Crippen LogP contribution in [0.3, 0.4) is 0 Å². The van der Waals surface area contributed by atoms with Crippen LogP contribution in [0.1, 0.15) is 0 Å². The Balaban J connectivity index is 1.86. The quantitative estimate of drug-likeness (QED) is 0.823. The van der Waals surface area contributed by atoms with Crippen LogP contribution in [0.15, 0.2) is 36.7 Å². The zero-order valence-electron chi connectivity index (χ0n) is 10.8. The normalized spacial score (nSPS) is 13.7. The van der Waals surface area contributed by atoms with E-state index in [1.165, 1.54) is 4.90 Å². The SMILES string of the molecule is Cn1cc(NC(=O)N2CC(=O)Nc3ccccc32)cn1. The molecule has 1 aliphatic heterocycles. The van der Waals surface area contributed by atoms with Gasteiger partial charge in [0.1, 0.15) is 6.54 Å². The van der Waals surface area contributed by atoms with Crippen molar-refractivity contribution in [3.8, 4) is 0 Å². The number of carbonyl (C=O) groups is 2. The molecule has 0 bridgehead atoms. The summed E-state index contributed by atoms with van der Waals surface area (Å²) in [6, 6.07) is 6.82. The fourth-order valence-electron chi connectivity index (χ4n) is 2.09. The van der Waals surface area contributed by atoms with Gasteiger partial charge in [0, 0.05) is 13.2 Å². The number of urea groups is 1. The van der Waals surface area contributed by atoms with Crippen LogP contribution in [0.25, 0.3) is 0 Å². The molecule has 0 saturated heterocycles. The van der Waals surface area contributed by atoms with Gasteiger partial charge in [0.25, 0.3) is 0 Å². The van der Waals surface area contributed by atoms with Crippen LogP contribution in [0.2, 0.25) is 0 Å². The van der Waals surface area contributed by atoms with Gasteiger partial charge in [0.2, 0.25) is 5.91 Å². The summed E-state index contributed by atoms with van der Waals surface area (Å²) in [5, 5.41) is 9.43. The molecule has 2 heterocycles. The average molecular weight is 271 g/mol. The zero-order valence-corrected chi connectivity index (χ0v) is 10.8. The minimum atomic E-state index is -0.361. The maximum atomic E-state index is 12.3. The monoisotopic (exact) mass is 271 g/mol. The van der Waals surface area contributed by atoms with Crippen molar-refractivity contribution in [3.63, 3.8) is 0 Å². The van der Waals surface area contributed by atoms with Crippen molar-refractivity contribution in [3.05, 3.63) is 36.7 Å². The fraction of sp³-hybridized carbons (Fsp3) is 0.154. The fourth-order valence-corrected chi connectivity index (χ4v) is 2.09. The number of benzene rings is 1. The third-order valence-corrected chi connectivity index (χ3v) is 2.97. The number of rotatable bonds is 1. The molecular weight excluding hydrogens is 258 g/mol. The van der Waals surface area contributed by atoms with E-state index in [0.717, 1.165) is 0 Å². The van der Waals surface area contributed by atoms with E-state index in [1.54, 1.807) is 36.3 Å². The van der Waals surface area contributed by atoms with E-state index in [2.05, 4.69) is 15.7 Å². The number of aromatic nitrogens is 2. The van der Waals surface area contributed by atoms with Gasteiger partial charge < -0.3 is 10.6 Å². The van der Waals surface area contributed by atoms with Gasteiger partial charge in [-0.1, -0.05) is 12.1 Å². The van der Waals surface area contributed by atoms with Gasteiger partial charge in [-0.25, -0.2) is 4.79 Å². The molecule has 3 rings (SSSR count). The molecule has 7 heteroatoms. The number of carbonyl (C=O) groups excluding carboxylic acids is 2. The molecule has 0 atom stereocenters. The topological polar surface area (TPSA) is 79.3 Å². The van der Waals surface area contributed by atoms with Gasteiger partial charge in [0.05, 0.1) is 23.3 Å². The summed E-state index contributed by atoms with van der Waals surface area (Å²) in [7, 11) is 1.76. The average Bonchev–Trinajstić information content (AvgIpc) is 2.83. The Morgan fingerprint density at radius 3 is 2.95 bits per heavy atom. The first-order chi connectivity index (χ1) is 9.63. The maximum absolute atomic E-state index is 12.3. The highest BCUT2D eigenvalue weighted by molar-refractivity contribution is 6.12. The molecule has 0 aliphatic carbocycles. The molecular formula is C13H13N5O2. The molecule has 0 unspecified atom stereocenters. The van der Waals surface area contributed by atoms with Gasteiger partial charge in [0.15, 0.2) is 0 Å². The highest BCUT2D eigenvalue weighted by atomic mass is 16.2. The minimum Gasteiger partial charge on any atom is -0.323 e. The smallest absolute Gasteiger partial charge is 0.323 e. The first-order valence-corrected chi connectivity index (χ1v) is 6.09. The van der Waals surface area contributed by atoms with Crippen molar-refractivity contribution >= 4 is 29.0 Å². The molecule has 0 radical (unpaired) electrons. The van der Waals surface area contributed by atoms with Crippen molar-refractivity contribution in [2.45, 2.75) is 0 Å². The number of aryl methyl sites for hydroxylation is 1. The van der Waals surface area contributed by atoms with Crippen LogP contribution in [0.4, 0.5) is 21.9 Å². The number of fused-ring (bicyclic) bond motifs is 1. The van der Waals surface area contributed by atoms with E-state index in [9.17, 15) is 9.59 Å². The highest BCUT2D eigenvalue weighted by Crippen LogP contribution is 2.29. The maximum Gasteiger partial charge on any atom is 0.326 e. The number of nitrogens with one attached hydrogen (secondary N) is 2. The van der Waals surface area contributed by atoms with Crippen molar-refractivity contribution in [1.82, 2.24) is 9.78 Å². The van der Waals surface area contributed by atoms with Gasteiger partial charge in [-0.15, -0.1) is 0 Å². The minimum absolute atomic E-state index is 0.0108. The molecule has 0 saturated carbocycles. The lowest BCUT2D eigenvalue weighted by molar-refractivity contribution is -0.115. The third-order valence-electron chi connectivity index (χ3n) is 2.97. The van der Waals surface area contributed by atoms with Crippen LogP contribution in [-0.2, 0) is 11.8 Å². The highest BCUT2D eigenvalue weighted by Gasteiger charge is 2.26. The Morgan fingerprint density at radius 2 is 2.20 bits per heavy atom. The van der Waals surface area contributed by atoms with Crippen LogP contribution in [-0.4, -0.2) is 28.3 Å². The molecule has 2 aromatic rings. The summed E-state index contributed by atoms with van der Waals surface area (Å²) in [5.41, 5.74) is 1.89. The van der Waals surface area contributed by atoms with E-state index in [0.29, 0.717) is 17.1 Å². The number of amides is 3. The predicted molar refractivity (Wildman–Crippen MR) is 74.6 cm³/mol. The second-order valence-electron chi connectivity index (χ2n) is 4.48. The van der Waals surface area contributed by atoms with Gasteiger partial charge in [-0.3, -0.25) is 14.4 Å². The van der Waals surface area contributed by atoms with Crippen LogP contribution < -0.4 is 15.5 Å². The van der Waals surface area contributed by atoms with Crippen molar-refractivity contribution in [2.24, 2.45) is 7.05 Å². The first kappa shape index (κ1) is 12.2. The molecule has 3 amide bonds. The molecule has 1 aliphatic rings. The van der Waals surface area contributed by atoms with Crippen LogP contribution in [0.5, 0.6) is 0 Å². The summed E-state index contributed by atoms with van der Waals surface area (Å²) < 4.78 is 1.59. The Morgan fingerprint density at radius 1 is 1.40 bits per heavy atom. The number of hydrogen-bond acceptors (Lipinski definition) is 3. The summed E-state index contributed by atoms with van der Waals surface area (Å²) in [6.45, 7) is -0.0108. The molecule has 0 spiro atoms. The Hall–Kier alpha value is -2.83. The Kier molecular flexibility index (Phi) is 2.86. The van der Waals surface area contributed by atoms with E-state index in [4.69, 9.17) is 0 Å². The summed E-state index contributed by atoms with van der Waals surface area (Å²) >= 11 is 0. The van der Waals surface area contributed by atoms with Crippen LogP contribution in [0, 0.1) is 0 Å². The van der Waals surface area contributed by atoms with E-state index >= 15 is 0 Å². The third kappa shape index (κ3) is 2.20. The lowest BCUT2D eigenvalue weighted by atomic mass is 10.2. The van der Waals surface area contributed by atoms with Crippen molar-refractivity contribution in [2.75, 3.05) is 22.1 Å². The van der Waals surface area contributed by atoms with E-state index < -0.39 is 0 Å². The molecule has 20 heavy (non-hydrogen) atoms. The summed E-state index contributed by atoms with van der Waals surface area (Å²) in [6.07, 6.45) is 3.24. The standard InChI is InChI=1S/C13H13N5O2/c1-17-7-9(6-14-17)15-13(20)18-8-12(19)16-10-4-2-3-5-11(10)18/h2-7H,8H2,1H3,(H,15,20)(H,16,19). The molecule has 0 fully saturated rings. The summed E-state index contributed by atoms with van der Waals surface area (Å²) in [5.74, 6) is -0.218. The first-order valence-electron chi connectivity index (χ1n) is 6.09. The number of nitrogens with zero attached hydrogens (tertiary/aromatic N) is 3. The molecule has 2 N–H and O–H groups in total. The van der Waals surface area contributed by atoms with Gasteiger partial charge >= 0.3 is 6.03 Å². The van der Waals surface area contributed by atoms with Crippen molar-refractivity contribution in [1.29, 1.82) is 0 Å². The number of anilines is 3. The lowest BCUT2D eigenvalue weighted by Gasteiger charge is -2.28. The van der Waals surface area contributed by atoms with E-state index in [-0.39, 0.29) is 18.5 Å². The van der Waals surface area contributed by atoms with Crippen molar-refractivity contribution < 1.29 is 9.59 Å². The van der Waals surface area contributed by atoms with Gasteiger partial charge in [-0.05, 0) is 12.1 Å². The summed E-state index contributed by atoms with van der Waals surface area (Å²) in [4.78, 5) is 25.3. The molecule has 7 nitrogen and oxygen atoms in total. The number of hydrogen-bond donors (Lipinski definition) is 2. The Labute approximate surface area is 115 Å². The molecule has 1 aromatic carbocycles. The largest absolute Gasteiger partial charge is 0.326 e. The second-order valence-corrected chi connectivity index (χ2v) is 4.48. The Bertz CT molecular complexity index is 679. The molecule has 102 valence electrons. The molecule has 1 aromatic heterocycles. The lowest BCUT2D eigenvalue weighted by Crippen LogP contribution is -2.44. The number of para-hydroxylation sites is 2. The predicted octanol–water partition coefficient (Wildman–Crippen LogP) is 1.41.